The molecule has 3 rings (SSSR count). The molecule has 0 aliphatic rings. The number of para-hydroxylation sites is 1. The molecule has 2 N–H and O–H groups in total. The van der Waals surface area contributed by atoms with Crippen LogP contribution >= 0.6 is 22.6 Å². The molecule has 0 fully saturated rings. The Balaban J connectivity index is 1.69. The van der Waals surface area contributed by atoms with E-state index in [0.29, 0.717) is 0 Å². The number of halogens is 1. The maximum absolute atomic E-state index is 12.1. The SMILES string of the molecule is O=C(CNc1cccc2ccccc12)Nc1ccccc1I. The van der Waals surface area contributed by atoms with Crippen molar-refractivity contribution in [3.8, 4) is 0 Å². The zero-order valence-corrected chi connectivity index (χ0v) is 14.0. The predicted molar refractivity (Wildman–Crippen MR) is 100 cm³/mol. The Bertz CT molecular complexity index is 812. The summed E-state index contributed by atoms with van der Waals surface area (Å²) in [7, 11) is 0. The van der Waals surface area contributed by atoms with Gasteiger partial charge in [-0.05, 0) is 46.2 Å². The Labute approximate surface area is 142 Å². The molecule has 0 spiro atoms. The van der Waals surface area contributed by atoms with E-state index < -0.39 is 0 Å². The summed E-state index contributed by atoms with van der Waals surface area (Å²) in [4.78, 5) is 12.1. The lowest BCUT2D eigenvalue weighted by molar-refractivity contribution is -0.114. The molecule has 0 bridgehead atoms. The van der Waals surface area contributed by atoms with E-state index >= 15 is 0 Å². The Morgan fingerprint density at radius 2 is 1.55 bits per heavy atom. The summed E-state index contributed by atoms with van der Waals surface area (Å²) in [5.41, 5.74) is 1.81. The van der Waals surface area contributed by atoms with E-state index in [1.807, 2.05) is 48.5 Å². The molecular weight excluding hydrogens is 387 g/mol. The van der Waals surface area contributed by atoms with Crippen molar-refractivity contribution in [2.24, 2.45) is 0 Å². The first-order valence-corrected chi connectivity index (χ1v) is 8.08. The largest absolute Gasteiger partial charge is 0.376 e. The smallest absolute Gasteiger partial charge is 0.243 e. The number of benzene rings is 3. The number of carbonyl (C=O) groups excluding carboxylic acids is 1. The molecule has 1 amide bonds. The molecule has 3 aromatic carbocycles. The van der Waals surface area contributed by atoms with E-state index in [-0.39, 0.29) is 12.5 Å². The zero-order valence-electron chi connectivity index (χ0n) is 11.8. The maximum Gasteiger partial charge on any atom is 0.243 e. The highest BCUT2D eigenvalue weighted by atomic mass is 127. The van der Waals surface area contributed by atoms with Crippen LogP contribution in [0.15, 0.2) is 66.7 Å². The van der Waals surface area contributed by atoms with Gasteiger partial charge in [-0.3, -0.25) is 4.79 Å². The first kappa shape index (κ1) is 14.8. The lowest BCUT2D eigenvalue weighted by atomic mass is 10.1. The molecule has 22 heavy (non-hydrogen) atoms. The Morgan fingerprint density at radius 1 is 0.864 bits per heavy atom. The molecule has 0 heterocycles. The second kappa shape index (κ2) is 6.79. The van der Waals surface area contributed by atoms with Gasteiger partial charge in [-0.15, -0.1) is 0 Å². The minimum absolute atomic E-state index is 0.0583. The van der Waals surface area contributed by atoms with Crippen molar-refractivity contribution >= 4 is 50.6 Å². The van der Waals surface area contributed by atoms with Crippen molar-refractivity contribution in [1.29, 1.82) is 0 Å². The molecule has 0 unspecified atom stereocenters. The summed E-state index contributed by atoms with van der Waals surface area (Å²) in [6, 6.07) is 21.9. The van der Waals surface area contributed by atoms with Crippen LogP contribution in [0, 0.1) is 3.57 Å². The zero-order chi connectivity index (χ0) is 15.4. The molecule has 3 nitrogen and oxygen atoms in total. The third kappa shape index (κ3) is 3.39. The fourth-order valence-corrected chi connectivity index (χ4v) is 2.83. The minimum Gasteiger partial charge on any atom is -0.376 e. The fourth-order valence-electron chi connectivity index (χ4n) is 2.31. The first-order valence-electron chi connectivity index (χ1n) is 7.00. The molecule has 0 aliphatic heterocycles. The second-order valence-electron chi connectivity index (χ2n) is 4.91. The van der Waals surface area contributed by atoms with Crippen LogP contribution in [0.25, 0.3) is 10.8 Å². The van der Waals surface area contributed by atoms with Crippen molar-refractivity contribution in [3.05, 3.63) is 70.3 Å². The van der Waals surface area contributed by atoms with Crippen LogP contribution in [0.3, 0.4) is 0 Å². The highest BCUT2D eigenvalue weighted by molar-refractivity contribution is 14.1. The topological polar surface area (TPSA) is 41.1 Å². The van der Waals surface area contributed by atoms with E-state index in [4.69, 9.17) is 0 Å². The fraction of sp³-hybridized carbons (Fsp3) is 0.0556. The third-order valence-corrected chi connectivity index (χ3v) is 4.32. The molecular formula is C18H15IN2O. The average Bonchev–Trinajstić information content (AvgIpc) is 2.55. The van der Waals surface area contributed by atoms with E-state index in [9.17, 15) is 4.79 Å². The van der Waals surface area contributed by atoms with Gasteiger partial charge in [0.1, 0.15) is 0 Å². The van der Waals surface area contributed by atoms with Crippen molar-refractivity contribution in [3.63, 3.8) is 0 Å². The van der Waals surface area contributed by atoms with Crippen LogP contribution < -0.4 is 10.6 Å². The van der Waals surface area contributed by atoms with E-state index in [0.717, 1.165) is 25.7 Å². The van der Waals surface area contributed by atoms with Crippen molar-refractivity contribution in [2.45, 2.75) is 0 Å². The highest BCUT2D eigenvalue weighted by Crippen LogP contribution is 2.23. The third-order valence-electron chi connectivity index (χ3n) is 3.38. The molecule has 0 saturated carbocycles. The molecule has 110 valence electrons. The molecule has 0 radical (unpaired) electrons. The number of fused-ring (bicyclic) bond motifs is 1. The summed E-state index contributed by atoms with van der Waals surface area (Å²) < 4.78 is 1.03. The van der Waals surface area contributed by atoms with Gasteiger partial charge in [-0.25, -0.2) is 0 Å². The van der Waals surface area contributed by atoms with Gasteiger partial charge in [-0.2, -0.15) is 0 Å². The number of hydrogen-bond donors (Lipinski definition) is 2. The van der Waals surface area contributed by atoms with Crippen LogP contribution in [0.5, 0.6) is 0 Å². The Kier molecular flexibility index (Phi) is 4.58. The highest BCUT2D eigenvalue weighted by Gasteiger charge is 2.06. The van der Waals surface area contributed by atoms with Gasteiger partial charge in [-0.1, -0.05) is 48.5 Å². The summed E-state index contributed by atoms with van der Waals surface area (Å²) in [5, 5.41) is 8.41. The van der Waals surface area contributed by atoms with Crippen LogP contribution in [-0.4, -0.2) is 12.5 Å². The van der Waals surface area contributed by atoms with Crippen LogP contribution in [0.4, 0.5) is 11.4 Å². The number of nitrogens with one attached hydrogen (secondary N) is 2. The van der Waals surface area contributed by atoms with Crippen LogP contribution in [0.1, 0.15) is 0 Å². The van der Waals surface area contributed by atoms with Gasteiger partial charge >= 0.3 is 0 Å². The summed E-state index contributed by atoms with van der Waals surface area (Å²) in [6.07, 6.45) is 0. The van der Waals surface area contributed by atoms with Gasteiger partial charge in [0, 0.05) is 14.6 Å². The quantitative estimate of drug-likeness (QED) is 0.632. The Morgan fingerprint density at radius 3 is 2.41 bits per heavy atom. The van der Waals surface area contributed by atoms with Gasteiger partial charge in [0.25, 0.3) is 0 Å². The van der Waals surface area contributed by atoms with Gasteiger partial charge in [0.15, 0.2) is 0 Å². The molecule has 0 saturated heterocycles. The maximum atomic E-state index is 12.1. The monoisotopic (exact) mass is 402 g/mol. The summed E-state index contributed by atoms with van der Waals surface area (Å²) in [5.74, 6) is -0.0583. The molecule has 4 heteroatoms. The first-order chi connectivity index (χ1) is 10.7. The molecule has 0 atom stereocenters. The second-order valence-corrected chi connectivity index (χ2v) is 6.07. The summed E-state index contributed by atoms with van der Waals surface area (Å²) in [6.45, 7) is 0.235. The molecule has 3 aromatic rings. The number of rotatable bonds is 4. The lowest BCUT2D eigenvalue weighted by Gasteiger charge is -2.11. The summed E-state index contributed by atoms with van der Waals surface area (Å²) >= 11 is 2.21. The van der Waals surface area contributed by atoms with Crippen LogP contribution in [0.2, 0.25) is 0 Å². The average molecular weight is 402 g/mol. The number of amides is 1. The molecule has 0 aliphatic carbocycles. The van der Waals surface area contributed by atoms with E-state index in [1.54, 1.807) is 0 Å². The van der Waals surface area contributed by atoms with E-state index in [2.05, 4.69) is 51.4 Å². The van der Waals surface area contributed by atoms with Gasteiger partial charge < -0.3 is 10.6 Å². The lowest BCUT2D eigenvalue weighted by Crippen LogP contribution is -2.22. The predicted octanol–water partition coefficient (Wildman–Crippen LogP) is 4.50. The van der Waals surface area contributed by atoms with Crippen molar-refractivity contribution in [2.75, 3.05) is 17.2 Å². The van der Waals surface area contributed by atoms with Crippen molar-refractivity contribution < 1.29 is 4.79 Å². The normalized spacial score (nSPS) is 10.4. The van der Waals surface area contributed by atoms with E-state index in [1.165, 1.54) is 0 Å². The minimum atomic E-state index is -0.0583. The number of carbonyl (C=O) groups is 1. The van der Waals surface area contributed by atoms with Gasteiger partial charge in [0.2, 0.25) is 5.91 Å². The molecule has 0 aromatic heterocycles. The number of anilines is 2. The van der Waals surface area contributed by atoms with Gasteiger partial charge in [0.05, 0.1) is 12.2 Å². The van der Waals surface area contributed by atoms with Crippen LogP contribution in [-0.2, 0) is 4.79 Å². The van der Waals surface area contributed by atoms with Crippen molar-refractivity contribution in [1.82, 2.24) is 0 Å². The number of hydrogen-bond acceptors (Lipinski definition) is 2. The standard InChI is InChI=1S/C18H15IN2O/c19-15-9-3-4-10-17(15)21-18(22)12-20-16-11-5-7-13-6-1-2-8-14(13)16/h1-11,20H,12H2,(H,21,22). The Hall–Kier alpha value is -2.08.